The quantitative estimate of drug-likeness (QED) is 0.618. The fourth-order valence-electron chi connectivity index (χ4n) is 5.45. The van der Waals surface area contributed by atoms with Gasteiger partial charge in [0.25, 0.3) is 0 Å². The molecule has 3 heterocycles. The van der Waals surface area contributed by atoms with Crippen LogP contribution in [0.3, 0.4) is 0 Å². The lowest BCUT2D eigenvalue weighted by Gasteiger charge is -2.51. The summed E-state index contributed by atoms with van der Waals surface area (Å²) in [6.07, 6.45) is 6.13. The summed E-state index contributed by atoms with van der Waals surface area (Å²) >= 11 is 0. The highest BCUT2D eigenvalue weighted by molar-refractivity contribution is 5.93. The number of piperidine rings is 1. The van der Waals surface area contributed by atoms with Crippen molar-refractivity contribution in [3.05, 3.63) is 53.6 Å². The van der Waals surface area contributed by atoms with Crippen LogP contribution < -0.4 is 0 Å². The number of halogens is 3. The lowest BCUT2D eigenvalue weighted by atomic mass is 9.69. The maximum absolute atomic E-state index is 15.4. The first kappa shape index (κ1) is 20.5. The first-order valence-corrected chi connectivity index (χ1v) is 10.9. The van der Waals surface area contributed by atoms with E-state index in [4.69, 9.17) is 0 Å². The molecule has 3 atom stereocenters. The highest BCUT2D eigenvalue weighted by Crippen LogP contribution is 2.46. The van der Waals surface area contributed by atoms with Crippen LogP contribution in [0.4, 0.5) is 13.2 Å². The van der Waals surface area contributed by atoms with E-state index in [1.807, 2.05) is 13.8 Å². The van der Waals surface area contributed by atoms with Crippen molar-refractivity contribution in [2.24, 2.45) is 11.8 Å². The fourth-order valence-corrected chi connectivity index (χ4v) is 5.45. The number of aromatic nitrogens is 2. The molecule has 1 unspecified atom stereocenters. The minimum absolute atomic E-state index is 0.184. The van der Waals surface area contributed by atoms with Crippen LogP contribution in [0.2, 0.25) is 0 Å². The van der Waals surface area contributed by atoms with Crippen molar-refractivity contribution in [3.63, 3.8) is 0 Å². The van der Waals surface area contributed by atoms with Crippen LogP contribution in [0.15, 0.2) is 30.6 Å². The Morgan fingerprint density at radius 1 is 1.06 bits per heavy atom. The molecule has 1 saturated carbocycles. The minimum Gasteiger partial charge on any atom is -0.384 e. The first-order chi connectivity index (χ1) is 14.8. The van der Waals surface area contributed by atoms with E-state index in [1.54, 1.807) is 0 Å². The fraction of sp³-hybridized carbons (Fsp3) is 0.458. The highest BCUT2D eigenvalue weighted by atomic mass is 19.1. The predicted octanol–water partition coefficient (Wildman–Crippen LogP) is 4.98. The van der Waals surface area contributed by atoms with Gasteiger partial charge in [-0.3, -0.25) is 4.90 Å². The number of nitrogens with one attached hydrogen (secondary N) is 1. The Kier molecular flexibility index (Phi) is 4.86. The maximum atomic E-state index is 15.4. The number of rotatable bonds is 3. The number of aromatic amines is 1. The van der Waals surface area contributed by atoms with Crippen molar-refractivity contribution < 1.29 is 18.3 Å². The molecule has 1 aliphatic carbocycles. The molecule has 0 spiro atoms. The number of fused-ring (bicyclic) bond motifs is 1. The van der Waals surface area contributed by atoms with Crippen molar-refractivity contribution >= 4 is 11.0 Å². The number of nitrogens with zero attached hydrogens (tertiary/aromatic N) is 2. The van der Waals surface area contributed by atoms with E-state index in [0.717, 1.165) is 12.8 Å². The van der Waals surface area contributed by atoms with Gasteiger partial charge in [-0.25, -0.2) is 18.2 Å². The number of likely N-dealkylation sites (tertiary alicyclic amines) is 1. The van der Waals surface area contributed by atoms with Crippen molar-refractivity contribution in [2.75, 3.05) is 13.1 Å². The largest absolute Gasteiger partial charge is 0.384 e. The third-order valence-electron chi connectivity index (χ3n) is 7.39. The second kappa shape index (κ2) is 7.35. The molecule has 2 aliphatic rings. The topological polar surface area (TPSA) is 52.1 Å². The highest BCUT2D eigenvalue weighted by Gasteiger charge is 2.50. The van der Waals surface area contributed by atoms with Crippen LogP contribution in [-0.2, 0) is 5.60 Å². The average Bonchev–Trinajstić information content (AvgIpc) is 3.05. The predicted molar refractivity (Wildman–Crippen MR) is 113 cm³/mol. The summed E-state index contributed by atoms with van der Waals surface area (Å²) in [6.45, 7) is 4.92. The first-order valence-electron chi connectivity index (χ1n) is 10.9. The van der Waals surface area contributed by atoms with E-state index >= 15 is 8.78 Å². The van der Waals surface area contributed by atoms with Gasteiger partial charge in [0.05, 0.1) is 10.9 Å². The van der Waals surface area contributed by atoms with Gasteiger partial charge in [-0.05, 0) is 42.2 Å². The summed E-state index contributed by atoms with van der Waals surface area (Å²) in [7, 11) is 0. The smallest absolute Gasteiger partial charge is 0.150 e. The van der Waals surface area contributed by atoms with Crippen LogP contribution in [-0.4, -0.2) is 39.1 Å². The third kappa shape index (κ3) is 3.09. The van der Waals surface area contributed by atoms with E-state index < -0.39 is 23.1 Å². The molecule has 1 saturated heterocycles. The van der Waals surface area contributed by atoms with Gasteiger partial charge in [-0.2, -0.15) is 0 Å². The summed E-state index contributed by atoms with van der Waals surface area (Å²) in [5, 5.41) is 11.8. The molecule has 2 N–H and O–H groups in total. The molecule has 31 heavy (non-hydrogen) atoms. The van der Waals surface area contributed by atoms with E-state index in [0.29, 0.717) is 30.3 Å². The van der Waals surface area contributed by atoms with Crippen LogP contribution in [0.1, 0.15) is 38.7 Å². The molecular weight excluding hydrogens is 403 g/mol. The maximum Gasteiger partial charge on any atom is 0.150 e. The Morgan fingerprint density at radius 3 is 2.29 bits per heavy atom. The van der Waals surface area contributed by atoms with Gasteiger partial charge in [-0.15, -0.1) is 0 Å². The number of hydrogen-bond donors (Lipinski definition) is 2. The Labute approximate surface area is 179 Å². The number of benzene rings is 1. The molecule has 1 aromatic carbocycles. The number of hydrogen-bond acceptors (Lipinski definition) is 3. The molecule has 1 aliphatic heterocycles. The molecule has 2 fully saturated rings. The second-order valence-corrected chi connectivity index (χ2v) is 9.20. The number of H-pyrrole nitrogens is 1. The second-order valence-electron chi connectivity index (χ2n) is 9.20. The molecule has 164 valence electrons. The Morgan fingerprint density at radius 2 is 1.71 bits per heavy atom. The van der Waals surface area contributed by atoms with Crippen molar-refractivity contribution in [3.8, 4) is 11.1 Å². The third-order valence-corrected chi connectivity index (χ3v) is 7.39. The molecule has 0 amide bonds. The summed E-state index contributed by atoms with van der Waals surface area (Å²) in [5.74, 6) is -2.82. The Hall–Kier alpha value is -2.38. The van der Waals surface area contributed by atoms with E-state index in [2.05, 4.69) is 14.9 Å². The molecule has 7 heteroatoms. The zero-order chi connectivity index (χ0) is 21.9. The molecule has 4 nitrogen and oxygen atoms in total. The van der Waals surface area contributed by atoms with Gasteiger partial charge in [0.1, 0.15) is 22.9 Å². The Bertz CT molecular complexity index is 1110. The van der Waals surface area contributed by atoms with Gasteiger partial charge in [0.2, 0.25) is 0 Å². The van der Waals surface area contributed by atoms with E-state index in [9.17, 15) is 9.50 Å². The molecule has 0 radical (unpaired) electrons. The monoisotopic (exact) mass is 429 g/mol. The average molecular weight is 429 g/mol. The Balaban J connectivity index is 1.56. The summed E-state index contributed by atoms with van der Waals surface area (Å²) in [6, 6.07) is 4.42. The zero-order valence-corrected chi connectivity index (χ0v) is 17.6. The molecule has 5 rings (SSSR count). The lowest BCUT2D eigenvalue weighted by molar-refractivity contribution is -0.129. The number of pyridine rings is 1. The summed E-state index contributed by atoms with van der Waals surface area (Å²) in [5.41, 5.74) is -1.03. The van der Waals surface area contributed by atoms with Gasteiger partial charge in [0.15, 0.2) is 5.82 Å². The van der Waals surface area contributed by atoms with Crippen LogP contribution in [0.5, 0.6) is 0 Å². The normalized spacial score (nSPS) is 27.5. The summed E-state index contributed by atoms with van der Waals surface area (Å²) < 4.78 is 45.1. The van der Waals surface area contributed by atoms with Gasteiger partial charge < -0.3 is 10.1 Å². The van der Waals surface area contributed by atoms with Crippen molar-refractivity contribution in [1.82, 2.24) is 14.9 Å². The van der Waals surface area contributed by atoms with Crippen molar-refractivity contribution in [2.45, 2.75) is 44.8 Å². The van der Waals surface area contributed by atoms with E-state index in [1.165, 1.54) is 37.0 Å². The van der Waals surface area contributed by atoms with Crippen LogP contribution >= 0.6 is 0 Å². The van der Waals surface area contributed by atoms with Gasteiger partial charge in [0, 0.05) is 43.4 Å². The molecule has 3 aromatic rings. The van der Waals surface area contributed by atoms with Crippen LogP contribution in [0.25, 0.3) is 22.2 Å². The summed E-state index contributed by atoms with van der Waals surface area (Å²) in [4.78, 5) is 9.12. The molecular formula is C24H26F3N3O. The lowest BCUT2D eigenvalue weighted by Crippen LogP contribution is -2.58. The minimum atomic E-state index is -1.61. The standard InChI is InChI=1S/C24H26F3N3O/c1-13-11-30(16-4-3-5-16)12-14(2)24(13,31)22-18(25)8-15(9-19(22)26)17-6-7-28-23-21(17)20(27)10-29-23/h6-10,13-14,16,31H,3-5,11-12H2,1-2H3,(H,28,29)/t13-,14+,24?. The molecule has 0 bridgehead atoms. The van der Waals surface area contributed by atoms with E-state index in [-0.39, 0.29) is 28.3 Å². The van der Waals surface area contributed by atoms with Gasteiger partial charge >= 0.3 is 0 Å². The van der Waals surface area contributed by atoms with Crippen LogP contribution in [0, 0.1) is 29.3 Å². The zero-order valence-electron chi connectivity index (χ0n) is 17.6. The van der Waals surface area contributed by atoms with Crippen molar-refractivity contribution in [1.29, 1.82) is 0 Å². The van der Waals surface area contributed by atoms with Gasteiger partial charge in [-0.1, -0.05) is 20.3 Å². The number of aliphatic hydroxyl groups is 1. The molecule has 2 aromatic heterocycles. The SMILES string of the molecule is C[C@@H]1CN(C2CCC2)C[C@H](C)C1(O)c1c(F)cc(-c2ccnc3[nH]cc(F)c23)cc1F.